The summed E-state index contributed by atoms with van der Waals surface area (Å²) in [5.41, 5.74) is 0.247. The third-order valence-corrected chi connectivity index (χ3v) is 3.04. The normalized spacial score (nSPS) is 16.3. The summed E-state index contributed by atoms with van der Waals surface area (Å²) in [5, 5.41) is 12.5. The number of nitrogens with zero attached hydrogens (tertiary/aromatic N) is 2. The molecule has 1 amide bonds. The van der Waals surface area contributed by atoms with Crippen LogP contribution in [-0.4, -0.2) is 40.6 Å². The third kappa shape index (κ3) is 2.69. The summed E-state index contributed by atoms with van der Waals surface area (Å²) in [6, 6.07) is 1.65. The van der Waals surface area contributed by atoms with E-state index in [4.69, 9.17) is 9.63 Å². The van der Waals surface area contributed by atoms with E-state index in [1.165, 1.54) is 4.90 Å². The molecule has 1 fully saturated rings. The Morgan fingerprint density at radius 2 is 2.28 bits per heavy atom. The highest BCUT2D eigenvalue weighted by Crippen LogP contribution is 2.40. The molecule has 2 rings (SSSR count). The van der Waals surface area contributed by atoms with Crippen LogP contribution in [0.15, 0.2) is 10.6 Å². The number of hydrogen-bond donors (Lipinski definition) is 1. The van der Waals surface area contributed by atoms with E-state index in [2.05, 4.69) is 5.16 Å². The molecule has 6 nitrogen and oxygen atoms in total. The van der Waals surface area contributed by atoms with Crippen molar-refractivity contribution in [1.29, 1.82) is 0 Å². The van der Waals surface area contributed by atoms with Crippen molar-refractivity contribution in [2.75, 3.05) is 13.6 Å². The Morgan fingerprint density at radius 3 is 2.83 bits per heavy atom. The van der Waals surface area contributed by atoms with E-state index in [0.717, 1.165) is 18.6 Å². The maximum Gasteiger partial charge on any atom is 0.308 e. The number of carboxylic acid groups (broad SMARTS) is 1. The van der Waals surface area contributed by atoms with E-state index in [0.29, 0.717) is 5.92 Å². The molecule has 18 heavy (non-hydrogen) atoms. The number of hydrogen-bond acceptors (Lipinski definition) is 4. The quantitative estimate of drug-likeness (QED) is 0.855. The number of aliphatic carboxylic acids is 1. The molecule has 0 unspecified atom stereocenters. The summed E-state index contributed by atoms with van der Waals surface area (Å²) in [4.78, 5) is 24.0. The molecule has 1 aliphatic carbocycles. The summed E-state index contributed by atoms with van der Waals surface area (Å²) in [7, 11) is 1.56. The van der Waals surface area contributed by atoms with Gasteiger partial charge < -0.3 is 14.5 Å². The predicted molar refractivity (Wildman–Crippen MR) is 62.2 cm³/mol. The molecule has 1 saturated carbocycles. The lowest BCUT2D eigenvalue weighted by Gasteiger charge is -2.17. The first-order chi connectivity index (χ1) is 8.49. The van der Waals surface area contributed by atoms with E-state index < -0.39 is 11.9 Å². The largest absolute Gasteiger partial charge is 0.481 e. The van der Waals surface area contributed by atoms with Gasteiger partial charge in [-0.25, -0.2) is 0 Å². The molecule has 0 aromatic carbocycles. The molecule has 0 saturated heterocycles. The molecule has 6 heteroatoms. The molecule has 0 radical (unpaired) electrons. The molecule has 0 bridgehead atoms. The van der Waals surface area contributed by atoms with Crippen molar-refractivity contribution in [3.8, 4) is 0 Å². The monoisotopic (exact) mass is 252 g/mol. The zero-order valence-electron chi connectivity index (χ0n) is 10.4. The Hall–Kier alpha value is -1.85. The Bertz CT molecular complexity index is 464. The third-order valence-electron chi connectivity index (χ3n) is 3.04. The molecule has 1 heterocycles. The highest BCUT2D eigenvalue weighted by molar-refractivity contribution is 5.92. The molecular formula is C12H16N2O4. The van der Waals surface area contributed by atoms with Gasteiger partial charge in [-0.2, -0.15) is 0 Å². The minimum absolute atomic E-state index is 0.153. The molecule has 1 aromatic heterocycles. The summed E-state index contributed by atoms with van der Waals surface area (Å²) >= 11 is 0. The van der Waals surface area contributed by atoms with E-state index in [1.54, 1.807) is 20.0 Å². The van der Waals surface area contributed by atoms with E-state index in [-0.39, 0.29) is 18.1 Å². The second-order valence-electron chi connectivity index (χ2n) is 4.81. The number of amides is 1. The lowest BCUT2D eigenvalue weighted by atomic mass is 10.1. The van der Waals surface area contributed by atoms with Gasteiger partial charge in [0.15, 0.2) is 5.69 Å². The minimum Gasteiger partial charge on any atom is -0.481 e. The Labute approximate surface area is 105 Å². The zero-order chi connectivity index (χ0) is 13.3. The predicted octanol–water partition coefficient (Wildman–Crippen LogP) is 1.34. The molecule has 0 aliphatic heterocycles. The van der Waals surface area contributed by atoms with E-state index >= 15 is 0 Å². The number of aromatic nitrogens is 1. The van der Waals surface area contributed by atoms with Gasteiger partial charge in [0.1, 0.15) is 5.76 Å². The minimum atomic E-state index is -0.923. The molecule has 1 N–H and O–H groups in total. The van der Waals surface area contributed by atoms with Gasteiger partial charge in [0.05, 0.1) is 5.92 Å². The molecule has 1 atom stereocenters. The van der Waals surface area contributed by atoms with Crippen molar-refractivity contribution in [1.82, 2.24) is 10.1 Å². The van der Waals surface area contributed by atoms with E-state index in [9.17, 15) is 9.59 Å². The number of rotatable bonds is 5. The van der Waals surface area contributed by atoms with Crippen LogP contribution >= 0.6 is 0 Å². The number of carboxylic acids is 1. The smallest absolute Gasteiger partial charge is 0.308 e. The molecule has 98 valence electrons. The average Bonchev–Trinajstić information content (AvgIpc) is 3.06. The molecule has 0 spiro atoms. The van der Waals surface area contributed by atoms with E-state index in [1.807, 2.05) is 0 Å². The van der Waals surface area contributed by atoms with Gasteiger partial charge in [0.2, 0.25) is 0 Å². The van der Waals surface area contributed by atoms with Crippen LogP contribution in [-0.2, 0) is 4.79 Å². The van der Waals surface area contributed by atoms with Crippen LogP contribution in [0.4, 0.5) is 0 Å². The van der Waals surface area contributed by atoms with Gasteiger partial charge in [-0.1, -0.05) is 12.1 Å². The highest BCUT2D eigenvalue weighted by Gasteiger charge is 2.29. The van der Waals surface area contributed by atoms with Gasteiger partial charge in [-0.15, -0.1) is 0 Å². The number of carbonyl (C=O) groups excluding carboxylic acids is 1. The Kier molecular flexibility index (Phi) is 3.36. The summed E-state index contributed by atoms with van der Waals surface area (Å²) in [6.07, 6.45) is 2.16. The summed E-state index contributed by atoms with van der Waals surface area (Å²) in [6.45, 7) is 1.71. The average molecular weight is 252 g/mol. The van der Waals surface area contributed by atoms with Crippen LogP contribution in [0.5, 0.6) is 0 Å². The standard InChI is InChI=1S/C12H16N2O4/c1-7(12(16)17)6-14(2)11(15)9-5-10(18-13-9)8-3-4-8/h5,7-8H,3-4,6H2,1-2H3,(H,16,17)/t7-/m0/s1. The van der Waals surface area contributed by atoms with Crippen molar-refractivity contribution < 1.29 is 19.2 Å². The molecular weight excluding hydrogens is 236 g/mol. The zero-order valence-corrected chi connectivity index (χ0v) is 10.4. The lowest BCUT2D eigenvalue weighted by Crippen LogP contribution is -2.33. The topological polar surface area (TPSA) is 83.6 Å². The van der Waals surface area contributed by atoms with Gasteiger partial charge in [-0.3, -0.25) is 9.59 Å². The Morgan fingerprint density at radius 1 is 1.61 bits per heavy atom. The highest BCUT2D eigenvalue weighted by atomic mass is 16.5. The fraction of sp³-hybridized carbons (Fsp3) is 0.583. The molecule has 1 aliphatic rings. The molecule has 1 aromatic rings. The van der Waals surface area contributed by atoms with Crippen molar-refractivity contribution >= 4 is 11.9 Å². The van der Waals surface area contributed by atoms with Crippen LogP contribution in [0, 0.1) is 5.92 Å². The summed E-state index contributed by atoms with van der Waals surface area (Å²) in [5.74, 6) is -0.679. The first kappa shape index (κ1) is 12.6. The van der Waals surface area contributed by atoms with Crippen molar-refractivity contribution in [3.63, 3.8) is 0 Å². The fourth-order valence-corrected chi connectivity index (χ4v) is 1.72. The lowest BCUT2D eigenvalue weighted by molar-refractivity contribution is -0.141. The van der Waals surface area contributed by atoms with Gasteiger partial charge in [-0.05, 0) is 12.8 Å². The van der Waals surface area contributed by atoms with Gasteiger partial charge >= 0.3 is 5.97 Å². The van der Waals surface area contributed by atoms with Gasteiger partial charge in [0.25, 0.3) is 5.91 Å². The SMILES string of the molecule is C[C@@H](CN(C)C(=O)c1cc(C2CC2)on1)C(=O)O. The van der Waals surface area contributed by atoms with Crippen molar-refractivity contribution in [2.45, 2.75) is 25.7 Å². The van der Waals surface area contributed by atoms with Crippen LogP contribution in [0.1, 0.15) is 41.9 Å². The van der Waals surface area contributed by atoms with Crippen molar-refractivity contribution in [2.24, 2.45) is 5.92 Å². The van der Waals surface area contributed by atoms with Crippen LogP contribution < -0.4 is 0 Å². The Balaban J connectivity index is 1.98. The maximum absolute atomic E-state index is 12.0. The van der Waals surface area contributed by atoms with Gasteiger partial charge in [0, 0.05) is 25.6 Å². The summed E-state index contributed by atoms with van der Waals surface area (Å²) < 4.78 is 5.10. The van der Waals surface area contributed by atoms with Crippen LogP contribution in [0.2, 0.25) is 0 Å². The maximum atomic E-state index is 12.0. The first-order valence-electron chi connectivity index (χ1n) is 5.94. The second kappa shape index (κ2) is 4.80. The second-order valence-corrected chi connectivity index (χ2v) is 4.81. The van der Waals surface area contributed by atoms with Crippen molar-refractivity contribution in [3.05, 3.63) is 17.5 Å². The fourth-order valence-electron chi connectivity index (χ4n) is 1.72. The van der Waals surface area contributed by atoms with Crippen LogP contribution in [0.25, 0.3) is 0 Å². The first-order valence-corrected chi connectivity index (χ1v) is 5.94. The number of carbonyl (C=O) groups is 2. The van der Waals surface area contributed by atoms with Crippen LogP contribution in [0.3, 0.4) is 0 Å².